The quantitative estimate of drug-likeness (QED) is 0.0794. The van der Waals surface area contributed by atoms with Crippen LogP contribution in [0.15, 0.2) is 48.5 Å². The van der Waals surface area contributed by atoms with Crippen molar-refractivity contribution >= 4 is 23.9 Å². The minimum Gasteiger partial charge on any atom is -0.493 e. The molecule has 2 fully saturated rings. The van der Waals surface area contributed by atoms with Crippen molar-refractivity contribution in [3.05, 3.63) is 59.7 Å². The Morgan fingerprint density at radius 3 is 1.73 bits per heavy atom. The summed E-state index contributed by atoms with van der Waals surface area (Å²) >= 11 is 0. The predicted molar refractivity (Wildman–Crippen MR) is 236 cm³/mol. The van der Waals surface area contributed by atoms with Gasteiger partial charge in [0.25, 0.3) is 5.91 Å². The van der Waals surface area contributed by atoms with E-state index in [1.807, 2.05) is 71.0 Å². The smallest absolute Gasteiger partial charge is 0.315 e. The van der Waals surface area contributed by atoms with Crippen LogP contribution in [-0.2, 0) is 25.5 Å². The number of hydrogen-bond donors (Lipinski definition) is 7. The topological polar surface area (TPSA) is 207 Å². The molecule has 62 heavy (non-hydrogen) atoms. The second kappa shape index (κ2) is 26.0. The maximum atomic E-state index is 14.2. The van der Waals surface area contributed by atoms with Crippen molar-refractivity contribution < 1.29 is 43.2 Å². The Balaban J connectivity index is 1.53. The van der Waals surface area contributed by atoms with Crippen molar-refractivity contribution in [2.24, 2.45) is 11.8 Å². The number of nitrogens with zero attached hydrogens (tertiary/aromatic N) is 3. The number of carbonyl (C=O) groups is 4. The highest BCUT2D eigenvalue weighted by atomic mass is 16.5. The van der Waals surface area contributed by atoms with Gasteiger partial charge in [0, 0.05) is 58.9 Å². The summed E-state index contributed by atoms with van der Waals surface area (Å²) in [7, 11) is 3.08. The molecular formula is C44H71N9O9. The number of ether oxygens (including phenoxy) is 4. The lowest BCUT2D eigenvalue weighted by molar-refractivity contribution is -0.132. The molecule has 0 aliphatic carbocycles. The molecule has 4 rings (SSSR count). The molecule has 2 saturated heterocycles. The number of benzene rings is 2. The molecule has 2 heterocycles. The van der Waals surface area contributed by atoms with Crippen molar-refractivity contribution in [3.63, 3.8) is 0 Å². The van der Waals surface area contributed by atoms with Crippen LogP contribution in [0.5, 0.6) is 11.5 Å². The molecule has 346 valence electrons. The van der Waals surface area contributed by atoms with Crippen LogP contribution in [0.2, 0.25) is 0 Å². The van der Waals surface area contributed by atoms with Crippen LogP contribution in [0.25, 0.3) is 0 Å². The Morgan fingerprint density at radius 2 is 1.23 bits per heavy atom. The zero-order valence-electron chi connectivity index (χ0n) is 37.6. The number of hydrogen-bond acceptors (Lipinski definition) is 12. The van der Waals surface area contributed by atoms with Crippen molar-refractivity contribution in [2.75, 3.05) is 99.5 Å². The molecule has 18 heteroatoms. The number of carbonyl (C=O) groups excluding carboxylic acids is 4. The highest BCUT2D eigenvalue weighted by Gasteiger charge is 2.33. The van der Waals surface area contributed by atoms with Gasteiger partial charge < -0.3 is 50.6 Å². The number of morpholine rings is 2. The van der Waals surface area contributed by atoms with E-state index >= 15 is 0 Å². The summed E-state index contributed by atoms with van der Waals surface area (Å²) in [5.41, 5.74) is 4.59. The van der Waals surface area contributed by atoms with Crippen LogP contribution in [0.3, 0.4) is 0 Å². The van der Waals surface area contributed by atoms with Gasteiger partial charge in [-0.15, -0.1) is 0 Å². The van der Waals surface area contributed by atoms with Gasteiger partial charge in [0.15, 0.2) is 11.5 Å². The monoisotopic (exact) mass is 870 g/mol. The lowest BCUT2D eigenvalue weighted by Crippen LogP contribution is -2.60. The molecule has 6 amide bonds. The molecule has 0 aromatic heterocycles. The van der Waals surface area contributed by atoms with E-state index in [4.69, 9.17) is 18.9 Å². The summed E-state index contributed by atoms with van der Waals surface area (Å²) in [6.07, 6.45) is -0.997. The fourth-order valence-corrected chi connectivity index (χ4v) is 7.32. The van der Waals surface area contributed by atoms with Crippen LogP contribution < -0.4 is 41.5 Å². The van der Waals surface area contributed by atoms with Crippen LogP contribution in [0.1, 0.15) is 51.8 Å². The number of rotatable bonds is 23. The fraction of sp³-hybridized carbons (Fsp3) is 0.636. The number of amides is 6. The average molecular weight is 870 g/mol. The molecular weight excluding hydrogens is 799 g/mol. The normalized spacial score (nSPS) is 17.3. The van der Waals surface area contributed by atoms with Crippen LogP contribution in [0, 0.1) is 11.8 Å². The third kappa shape index (κ3) is 16.2. The molecule has 2 aliphatic rings. The first-order chi connectivity index (χ1) is 29.8. The molecule has 2 aromatic rings. The van der Waals surface area contributed by atoms with E-state index in [-0.39, 0.29) is 24.8 Å². The zero-order chi connectivity index (χ0) is 45.0. The predicted octanol–water partition coefficient (Wildman–Crippen LogP) is 1.50. The second-order valence-electron chi connectivity index (χ2n) is 16.4. The van der Waals surface area contributed by atoms with E-state index in [9.17, 15) is 24.3 Å². The van der Waals surface area contributed by atoms with Gasteiger partial charge in [-0.25, -0.2) is 14.6 Å². The highest BCUT2D eigenvalue weighted by Crippen LogP contribution is 2.31. The molecule has 2 aromatic carbocycles. The number of aliphatic hydroxyl groups is 1. The van der Waals surface area contributed by atoms with E-state index in [0.29, 0.717) is 64.1 Å². The molecule has 18 nitrogen and oxygen atoms in total. The van der Waals surface area contributed by atoms with E-state index in [0.717, 1.165) is 37.3 Å². The molecule has 5 atom stereocenters. The van der Waals surface area contributed by atoms with E-state index < -0.39 is 54.1 Å². The average Bonchev–Trinajstić information content (AvgIpc) is 3.27. The van der Waals surface area contributed by atoms with Gasteiger partial charge in [0.1, 0.15) is 12.1 Å². The minimum atomic E-state index is -1.24. The lowest BCUT2D eigenvalue weighted by Gasteiger charge is -2.36. The van der Waals surface area contributed by atoms with Gasteiger partial charge in [-0.2, -0.15) is 0 Å². The standard InChI is InChI=1S/C44H71N9O9/c1-30(2)39(48-43(57)45-15-17-51-19-23-61-24-20-51)41(55)47-35(27-33-11-9-8-10-12-33)36(54)29-53(32(5)34-13-14-37(59-6)38(28-34)60-7)50-42(56)40(31(3)4)49-44(58)46-16-18-52-21-25-62-26-22-52/h8-14,28,30-32,35-36,39-40,54H,15-27,29H2,1-7H3,(H,47,55)(H,50,56)(H2,45,48,57)(H2,46,49,58)/t32?,35?,36?,39-,40-/m0/s1. The summed E-state index contributed by atoms with van der Waals surface area (Å²) in [5, 5.41) is 28.2. The first kappa shape index (κ1) is 49.9. The first-order valence-electron chi connectivity index (χ1n) is 21.8. The maximum Gasteiger partial charge on any atom is 0.315 e. The van der Waals surface area contributed by atoms with Crippen LogP contribution >= 0.6 is 0 Å². The Bertz CT molecular complexity index is 1680. The van der Waals surface area contributed by atoms with E-state index in [2.05, 4.69) is 41.8 Å². The molecule has 0 radical (unpaired) electrons. The van der Waals surface area contributed by atoms with Crippen molar-refractivity contribution in [3.8, 4) is 11.5 Å². The third-order valence-electron chi connectivity index (χ3n) is 11.2. The molecule has 0 bridgehead atoms. The third-order valence-corrected chi connectivity index (χ3v) is 11.2. The van der Waals surface area contributed by atoms with Gasteiger partial charge >= 0.3 is 12.1 Å². The fourth-order valence-electron chi connectivity index (χ4n) is 7.32. The number of methoxy groups -OCH3 is 2. The summed E-state index contributed by atoms with van der Waals surface area (Å²) in [6.45, 7) is 17.0. The summed E-state index contributed by atoms with van der Waals surface area (Å²) in [4.78, 5) is 58.8. The van der Waals surface area contributed by atoms with Crippen LogP contribution in [0.4, 0.5) is 9.59 Å². The molecule has 0 saturated carbocycles. The Kier molecular flexibility index (Phi) is 21.0. The van der Waals surface area contributed by atoms with Crippen molar-refractivity contribution in [2.45, 2.75) is 71.3 Å². The number of nitrogens with one attached hydrogen (secondary N) is 6. The summed E-state index contributed by atoms with van der Waals surface area (Å²) < 4.78 is 21.9. The maximum absolute atomic E-state index is 14.2. The Labute approximate surface area is 367 Å². The molecule has 2 aliphatic heterocycles. The summed E-state index contributed by atoms with van der Waals surface area (Å²) in [6, 6.07) is 10.6. The van der Waals surface area contributed by atoms with Crippen molar-refractivity contribution in [1.29, 1.82) is 0 Å². The minimum absolute atomic E-state index is 0.141. The highest BCUT2D eigenvalue weighted by molar-refractivity contribution is 5.88. The van der Waals surface area contributed by atoms with Gasteiger partial charge in [0.2, 0.25) is 5.91 Å². The molecule has 7 N–H and O–H groups in total. The van der Waals surface area contributed by atoms with Crippen LogP contribution in [-0.4, -0.2) is 168 Å². The van der Waals surface area contributed by atoms with Gasteiger partial charge in [-0.3, -0.25) is 24.8 Å². The van der Waals surface area contributed by atoms with Gasteiger partial charge in [-0.05, 0) is 48.4 Å². The Morgan fingerprint density at radius 1 is 0.710 bits per heavy atom. The lowest BCUT2D eigenvalue weighted by atomic mass is 9.98. The van der Waals surface area contributed by atoms with Crippen molar-refractivity contribution in [1.82, 2.24) is 46.8 Å². The first-order valence-corrected chi connectivity index (χ1v) is 21.8. The Hall–Kier alpha value is -4.72. The number of aliphatic hydroxyl groups excluding tert-OH is 1. The second-order valence-corrected chi connectivity index (χ2v) is 16.4. The van der Waals surface area contributed by atoms with Gasteiger partial charge in [0.05, 0.1) is 58.8 Å². The largest absolute Gasteiger partial charge is 0.493 e. The summed E-state index contributed by atoms with van der Waals surface area (Å²) in [5.74, 6) is -0.540. The molecule has 0 spiro atoms. The zero-order valence-corrected chi connectivity index (χ0v) is 37.6. The van der Waals surface area contributed by atoms with E-state index in [1.165, 1.54) is 7.11 Å². The van der Waals surface area contributed by atoms with E-state index in [1.54, 1.807) is 24.3 Å². The van der Waals surface area contributed by atoms with Gasteiger partial charge in [-0.1, -0.05) is 64.1 Å². The number of urea groups is 2. The molecule has 3 unspecified atom stereocenters. The number of hydrazine groups is 1. The SMILES string of the molecule is COc1ccc(C(C)N(CC(O)C(Cc2ccccc2)NC(=O)[C@@H](NC(=O)NCCN2CCOCC2)C(C)C)NC(=O)[C@@H](NC(=O)NCCN2CCOCC2)C(C)C)cc1OC.